The van der Waals surface area contributed by atoms with Crippen LogP contribution >= 0.6 is 11.6 Å². The van der Waals surface area contributed by atoms with E-state index in [1.807, 2.05) is 6.92 Å². The van der Waals surface area contributed by atoms with E-state index in [0.717, 1.165) is 0 Å². The van der Waals surface area contributed by atoms with Gasteiger partial charge in [0.2, 0.25) is 0 Å². The van der Waals surface area contributed by atoms with Crippen molar-refractivity contribution in [2.75, 3.05) is 5.32 Å². The van der Waals surface area contributed by atoms with Crippen LogP contribution in [0.3, 0.4) is 0 Å². The van der Waals surface area contributed by atoms with E-state index in [1.54, 1.807) is 0 Å². The zero-order valence-corrected chi connectivity index (χ0v) is 8.21. The van der Waals surface area contributed by atoms with Crippen molar-refractivity contribution in [2.45, 2.75) is 19.4 Å². The first-order valence-electron chi connectivity index (χ1n) is 4.18. The number of pyridine rings is 1. The number of nitrogens with one attached hydrogen (secondary N) is 1. The number of halogens is 1. The molecule has 1 aromatic rings. The van der Waals surface area contributed by atoms with Gasteiger partial charge in [-0.2, -0.15) is 0 Å². The van der Waals surface area contributed by atoms with E-state index in [4.69, 9.17) is 11.6 Å². The Hall–Kier alpha value is -1.36. The summed E-state index contributed by atoms with van der Waals surface area (Å²) >= 11 is 5.66. The van der Waals surface area contributed by atoms with Gasteiger partial charge in [-0.15, -0.1) is 0 Å². The monoisotopic (exact) mass is 213 g/mol. The molecule has 0 saturated heterocycles. The molecule has 1 atom stereocenters. The van der Waals surface area contributed by atoms with Crippen LogP contribution in [0.1, 0.15) is 12.5 Å². The molecule has 0 spiro atoms. The summed E-state index contributed by atoms with van der Waals surface area (Å²) in [5, 5.41) is 13.9. The number of nitrogens with zero attached hydrogens (tertiary/aromatic N) is 2. The molecular weight excluding hydrogens is 206 g/mol. The normalized spacial score (nSPS) is 18.9. The molecule has 1 N–H and O–H groups in total. The minimum absolute atomic E-state index is 0.0526. The maximum absolute atomic E-state index is 10.7. The summed E-state index contributed by atoms with van der Waals surface area (Å²) in [6.45, 7) is 1.94. The van der Waals surface area contributed by atoms with Crippen molar-refractivity contribution < 1.29 is 4.92 Å². The fraction of sp³-hybridized carbons (Fsp3) is 0.375. The van der Waals surface area contributed by atoms with E-state index in [2.05, 4.69) is 10.3 Å². The summed E-state index contributed by atoms with van der Waals surface area (Å²) in [5.74, 6) is 0.539. The maximum Gasteiger partial charge on any atom is 0.279 e. The Morgan fingerprint density at radius 2 is 2.50 bits per heavy atom. The van der Waals surface area contributed by atoms with Crippen molar-refractivity contribution in [1.29, 1.82) is 0 Å². The van der Waals surface area contributed by atoms with Gasteiger partial charge in [0.25, 0.3) is 5.69 Å². The first-order valence-corrected chi connectivity index (χ1v) is 4.56. The summed E-state index contributed by atoms with van der Waals surface area (Å²) in [6.07, 6.45) is 0.621. The zero-order valence-electron chi connectivity index (χ0n) is 7.45. The molecular formula is C8H8ClN3O2. The van der Waals surface area contributed by atoms with E-state index in [1.165, 1.54) is 6.07 Å². The maximum atomic E-state index is 10.7. The van der Waals surface area contributed by atoms with Gasteiger partial charge in [0.05, 0.1) is 16.6 Å². The van der Waals surface area contributed by atoms with Crippen molar-refractivity contribution in [3.63, 3.8) is 0 Å². The number of nitro groups is 1. The molecule has 14 heavy (non-hydrogen) atoms. The number of aromatic nitrogens is 1. The quantitative estimate of drug-likeness (QED) is 0.440. The SMILES string of the molecule is CC1Cc2c([N+](=O)[O-])cc(Cl)nc2N1. The molecule has 0 saturated carbocycles. The van der Waals surface area contributed by atoms with Crippen LogP contribution in [0.5, 0.6) is 0 Å². The number of hydrogen-bond acceptors (Lipinski definition) is 4. The lowest BCUT2D eigenvalue weighted by Gasteiger charge is -2.01. The average Bonchev–Trinajstić information content (AvgIpc) is 2.42. The van der Waals surface area contributed by atoms with Gasteiger partial charge in [-0.3, -0.25) is 10.1 Å². The van der Waals surface area contributed by atoms with E-state index >= 15 is 0 Å². The van der Waals surface area contributed by atoms with Gasteiger partial charge in [0.15, 0.2) is 0 Å². The van der Waals surface area contributed by atoms with E-state index in [0.29, 0.717) is 17.8 Å². The second-order valence-electron chi connectivity index (χ2n) is 3.30. The Morgan fingerprint density at radius 3 is 3.14 bits per heavy atom. The van der Waals surface area contributed by atoms with Gasteiger partial charge in [-0.05, 0) is 6.92 Å². The van der Waals surface area contributed by atoms with Crippen LogP contribution in [0.2, 0.25) is 5.15 Å². The van der Waals surface area contributed by atoms with E-state index < -0.39 is 4.92 Å². The third-order valence-corrected chi connectivity index (χ3v) is 2.35. The highest BCUT2D eigenvalue weighted by molar-refractivity contribution is 6.29. The molecule has 0 aromatic carbocycles. The lowest BCUT2D eigenvalue weighted by Crippen LogP contribution is -2.08. The number of anilines is 1. The van der Waals surface area contributed by atoms with Crippen LogP contribution in [0, 0.1) is 10.1 Å². The molecule has 0 aliphatic carbocycles. The van der Waals surface area contributed by atoms with Crippen molar-refractivity contribution in [3.8, 4) is 0 Å². The second kappa shape index (κ2) is 3.09. The molecule has 1 unspecified atom stereocenters. The second-order valence-corrected chi connectivity index (χ2v) is 3.69. The van der Waals surface area contributed by atoms with Crippen LogP contribution in [0.15, 0.2) is 6.07 Å². The molecule has 1 aliphatic heterocycles. The van der Waals surface area contributed by atoms with Crippen LogP contribution in [0.25, 0.3) is 0 Å². The fourth-order valence-electron chi connectivity index (χ4n) is 1.60. The lowest BCUT2D eigenvalue weighted by molar-refractivity contribution is -0.385. The number of rotatable bonds is 1. The predicted molar refractivity (Wildman–Crippen MR) is 52.7 cm³/mol. The van der Waals surface area contributed by atoms with Crippen molar-refractivity contribution >= 4 is 23.1 Å². The fourth-order valence-corrected chi connectivity index (χ4v) is 1.79. The van der Waals surface area contributed by atoms with Gasteiger partial charge < -0.3 is 5.32 Å². The molecule has 0 amide bonds. The molecule has 2 rings (SSSR count). The minimum atomic E-state index is -0.424. The third kappa shape index (κ3) is 1.39. The summed E-state index contributed by atoms with van der Waals surface area (Å²) in [4.78, 5) is 14.3. The molecule has 74 valence electrons. The topological polar surface area (TPSA) is 68.1 Å². The Labute approximate surface area is 85.2 Å². The van der Waals surface area contributed by atoms with Gasteiger partial charge in [0, 0.05) is 12.5 Å². The van der Waals surface area contributed by atoms with Crippen LogP contribution in [0.4, 0.5) is 11.5 Å². The number of hydrogen-bond donors (Lipinski definition) is 1. The van der Waals surface area contributed by atoms with E-state index in [9.17, 15) is 10.1 Å². The smallest absolute Gasteiger partial charge is 0.279 e. The molecule has 5 nitrogen and oxygen atoms in total. The summed E-state index contributed by atoms with van der Waals surface area (Å²) in [6, 6.07) is 1.47. The van der Waals surface area contributed by atoms with Crippen LogP contribution < -0.4 is 5.32 Å². The standard InChI is InChI=1S/C8H8ClN3O2/c1-4-2-5-6(12(13)14)3-7(9)11-8(5)10-4/h3-4H,2H2,1H3,(H,10,11). The van der Waals surface area contributed by atoms with E-state index in [-0.39, 0.29) is 16.9 Å². The Bertz CT molecular complexity index is 408. The van der Waals surface area contributed by atoms with Gasteiger partial charge in [-0.1, -0.05) is 11.6 Å². The molecule has 1 aliphatic rings. The highest BCUT2D eigenvalue weighted by atomic mass is 35.5. The summed E-state index contributed by atoms with van der Waals surface area (Å²) in [7, 11) is 0. The highest BCUT2D eigenvalue weighted by Crippen LogP contribution is 2.33. The number of fused-ring (bicyclic) bond motifs is 1. The zero-order chi connectivity index (χ0) is 10.3. The molecule has 0 bridgehead atoms. The highest BCUT2D eigenvalue weighted by Gasteiger charge is 2.27. The van der Waals surface area contributed by atoms with Crippen molar-refractivity contribution in [1.82, 2.24) is 4.98 Å². The summed E-state index contributed by atoms with van der Waals surface area (Å²) < 4.78 is 0. The molecule has 1 aromatic heterocycles. The molecule has 0 radical (unpaired) electrons. The van der Waals surface area contributed by atoms with Gasteiger partial charge >= 0.3 is 0 Å². The van der Waals surface area contributed by atoms with Crippen LogP contribution in [-0.4, -0.2) is 15.9 Å². The molecule has 6 heteroatoms. The largest absolute Gasteiger partial charge is 0.367 e. The Balaban J connectivity index is 2.57. The molecule has 0 fully saturated rings. The molecule has 2 heterocycles. The van der Waals surface area contributed by atoms with Crippen molar-refractivity contribution in [2.24, 2.45) is 0 Å². The Morgan fingerprint density at radius 1 is 1.79 bits per heavy atom. The Kier molecular flexibility index (Phi) is 2.03. The van der Waals surface area contributed by atoms with Gasteiger partial charge in [0.1, 0.15) is 11.0 Å². The first-order chi connectivity index (χ1) is 6.58. The summed E-state index contributed by atoms with van der Waals surface area (Å²) in [5.41, 5.74) is 0.698. The third-order valence-electron chi connectivity index (χ3n) is 2.16. The minimum Gasteiger partial charge on any atom is -0.367 e. The van der Waals surface area contributed by atoms with Crippen LogP contribution in [-0.2, 0) is 6.42 Å². The van der Waals surface area contributed by atoms with Crippen molar-refractivity contribution in [3.05, 3.63) is 26.9 Å². The van der Waals surface area contributed by atoms with Gasteiger partial charge in [-0.25, -0.2) is 4.98 Å². The predicted octanol–water partition coefficient (Wildman–Crippen LogP) is 2.00. The average molecular weight is 214 g/mol. The lowest BCUT2D eigenvalue weighted by atomic mass is 10.1. The first kappa shape index (κ1) is 9.21.